The monoisotopic (exact) mass is 249 g/mol. The van der Waals surface area contributed by atoms with Crippen molar-refractivity contribution in [1.29, 1.82) is 5.26 Å². The Kier molecular flexibility index (Phi) is 3.09. The first-order valence-corrected chi connectivity index (χ1v) is 5.83. The molecule has 0 radical (unpaired) electrons. The van der Waals surface area contributed by atoms with Gasteiger partial charge in [0.2, 0.25) is 0 Å². The second-order valence-corrected chi connectivity index (χ2v) is 4.49. The Morgan fingerprint density at radius 2 is 2.31 bits per heavy atom. The van der Waals surface area contributed by atoms with Gasteiger partial charge >= 0.3 is 0 Å². The molecule has 0 aliphatic rings. The molecule has 0 unspecified atom stereocenters. The van der Waals surface area contributed by atoms with Gasteiger partial charge in [0.05, 0.1) is 16.3 Å². The normalized spacial score (nSPS) is 9.81. The molecule has 3 nitrogen and oxygen atoms in total. The molecule has 2 rings (SSSR count). The average molecular weight is 250 g/mol. The van der Waals surface area contributed by atoms with E-state index in [2.05, 4.69) is 10.3 Å². The van der Waals surface area contributed by atoms with Crippen molar-refractivity contribution in [2.24, 2.45) is 0 Å². The summed E-state index contributed by atoms with van der Waals surface area (Å²) in [5, 5.41) is 15.1. The number of hydrogen-bond donors (Lipinski definition) is 1. The summed E-state index contributed by atoms with van der Waals surface area (Å²) >= 11 is 7.45. The second-order valence-electron chi connectivity index (χ2n) is 3.23. The van der Waals surface area contributed by atoms with Crippen molar-refractivity contribution in [3.8, 4) is 6.07 Å². The van der Waals surface area contributed by atoms with E-state index in [9.17, 15) is 0 Å². The van der Waals surface area contributed by atoms with E-state index in [1.807, 2.05) is 18.4 Å². The van der Waals surface area contributed by atoms with Crippen molar-refractivity contribution in [2.75, 3.05) is 5.32 Å². The Morgan fingerprint density at radius 3 is 2.88 bits per heavy atom. The Bertz CT molecular complexity index is 557. The minimum atomic E-state index is 0.445. The number of rotatable bonds is 2. The molecule has 0 aliphatic carbocycles. The molecule has 2 aromatic rings. The zero-order chi connectivity index (χ0) is 11.5. The van der Waals surface area contributed by atoms with Crippen molar-refractivity contribution in [2.45, 2.75) is 6.92 Å². The zero-order valence-corrected chi connectivity index (χ0v) is 10.1. The number of thiazole rings is 1. The highest BCUT2D eigenvalue weighted by Crippen LogP contribution is 2.24. The van der Waals surface area contributed by atoms with Crippen LogP contribution in [0.4, 0.5) is 10.8 Å². The number of anilines is 2. The van der Waals surface area contributed by atoms with E-state index in [1.54, 1.807) is 18.2 Å². The third-order valence-corrected chi connectivity index (χ3v) is 3.15. The van der Waals surface area contributed by atoms with Crippen LogP contribution in [-0.2, 0) is 0 Å². The molecule has 0 saturated heterocycles. The first-order valence-electron chi connectivity index (χ1n) is 4.58. The first kappa shape index (κ1) is 10.9. The van der Waals surface area contributed by atoms with Crippen LogP contribution in [0, 0.1) is 18.3 Å². The number of nitrogens with one attached hydrogen (secondary N) is 1. The van der Waals surface area contributed by atoms with Crippen molar-refractivity contribution in [1.82, 2.24) is 4.98 Å². The number of aromatic nitrogens is 1. The Hall–Kier alpha value is -1.57. The van der Waals surface area contributed by atoms with Gasteiger partial charge in [-0.2, -0.15) is 5.26 Å². The van der Waals surface area contributed by atoms with Crippen molar-refractivity contribution in [3.63, 3.8) is 0 Å². The third-order valence-electron chi connectivity index (χ3n) is 1.96. The van der Waals surface area contributed by atoms with Crippen LogP contribution in [0.1, 0.15) is 11.3 Å². The smallest absolute Gasteiger partial charge is 0.187 e. The number of nitriles is 1. The molecule has 1 aromatic heterocycles. The molecule has 16 heavy (non-hydrogen) atoms. The van der Waals surface area contributed by atoms with Crippen LogP contribution in [0.15, 0.2) is 23.6 Å². The molecule has 80 valence electrons. The van der Waals surface area contributed by atoms with Gasteiger partial charge in [-0.1, -0.05) is 11.6 Å². The minimum absolute atomic E-state index is 0.445. The fraction of sp³-hybridized carbons (Fsp3) is 0.0909. The largest absolute Gasteiger partial charge is 0.331 e. The molecule has 5 heteroatoms. The number of benzene rings is 1. The van der Waals surface area contributed by atoms with Gasteiger partial charge in [0.1, 0.15) is 6.07 Å². The van der Waals surface area contributed by atoms with E-state index in [4.69, 9.17) is 16.9 Å². The van der Waals surface area contributed by atoms with Crippen LogP contribution >= 0.6 is 22.9 Å². The number of aryl methyl sites for hydroxylation is 1. The highest BCUT2D eigenvalue weighted by molar-refractivity contribution is 7.13. The molecule has 0 saturated carbocycles. The van der Waals surface area contributed by atoms with Gasteiger partial charge in [0.25, 0.3) is 0 Å². The number of hydrogen-bond acceptors (Lipinski definition) is 4. The molecular weight excluding hydrogens is 242 g/mol. The maximum atomic E-state index is 8.74. The average Bonchev–Trinajstić information content (AvgIpc) is 2.64. The lowest BCUT2D eigenvalue weighted by molar-refractivity contribution is 1.26. The molecular formula is C11H8ClN3S. The molecule has 0 amide bonds. The van der Waals surface area contributed by atoms with Crippen LogP contribution in [0.5, 0.6) is 0 Å². The number of halogens is 1. The van der Waals surface area contributed by atoms with Crippen LogP contribution in [0.2, 0.25) is 5.02 Å². The lowest BCUT2D eigenvalue weighted by atomic mass is 10.2. The van der Waals surface area contributed by atoms with Gasteiger partial charge < -0.3 is 5.32 Å². The van der Waals surface area contributed by atoms with Gasteiger partial charge in [-0.25, -0.2) is 4.98 Å². The third kappa shape index (κ3) is 2.32. The molecule has 0 bridgehead atoms. The van der Waals surface area contributed by atoms with Crippen molar-refractivity contribution in [3.05, 3.63) is 39.9 Å². The van der Waals surface area contributed by atoms with E-state index in [1.165, 1.54) is 11.3 Å². The highest BCUT2D eigenvalue weighted by Gasteiger charge is 2.03. The summed E-state index contributed by atoms with van der Waals surface area (Å²) in [6, 6.07) is 7.23. The number of nitrogens with zero attached hydrogens (tertiary/aromatic N) is 2. The summed E-state index contributed by atoms with van der Waals surface area (Å²) in [5.74, 6) is 0. The highest BCUT2D eigenvalue weighted by atomic mass is 35.5. The van der Waals surface area contributed by atoms with Crippen molar-refractivity contribution < 1.29 is 0 Å². The van der Waals surface area contributed by atoms with Gasteiger partial charge in [-0.15, -0.1) is 11.3 Å². The van der Waals surface area contributed by atoms with Crippen LogP contribution in [-0.4, -0.2) is 4.98 Å². The molecule has 0 atom stereocenters. The Morgan fingerprint density at radius 1 is 1.50 bits per heavy atom. The summed E-state index contributed by atoms with van der Waals surface area (Å²) in [6.45, 7) is 1.94. The van der Waals surface area contributed by atoms with Gasteiger partial charge in [-0.05, 0) is 25.1 Å². The summed E-state index contributed by atoms with van der Waals surface area (Å²) in [6.07, 6.45) is 0. The van der Waals surface area contributed by atoms with Crippen molar-refractivity contribution >= 4 is 33.8 Å². The standard InChI is InChI=1S/C11H8ClN3S/c1-7-6-16-11(14-7)15-9-3-2-8(5-13)10(12)4-9/h2-4,6H,1H3,(H,14,15). The van der Waals surface area contributed by atoms with Crippen LogP contribution in [0.25, 0.3) is 0 Å². The van der Waals surface area contributed by atoms with Crippen LogP contribution in [0.3, 0.4) is 0 Å². The predicted octanol–water partition coefficient (Wildman–Crippen LogP) is 3.72. The minimum Gasteiger partial charge on any atom is -0.331 e. The van der Waals surface area contributed by atoms with E-state index >= 15 is 0 Å². The van der Waals surface area contributed by atoms with Gasteiger partial charge in [0.15, 0.2) is 5.13 Å². The maximum Gasteiger partial charge on any atom is 0.187 e. The molecule has 1 aromatic carbocycles. The maximum absolute atomic E-state index is 8.74. The lowest BCUT2D eigenvalue weighted by Crippen LogP contribution is -1.90. The van der Waals surface area contributed by atoms with Crippen LogP contribution < -0.4 is 5.32 Å². The molecule has 1 N–H and O–H groups in total. The summed E-state index contributed by atoms with van der Waals surface area (Å²) in [5.41, 5.74) is 2.29. The predicted molar refractivity (Wildman–Crippen MR) is 66.3 cm³/mol. The second kappa shape index (κ2) is 4.52. The Balaban J connectivity index is 2.23. The van der Waals surface area contributed by atoms with E-state index in [0.717, 1.165) is 16.5 Å². The quantitative estimate of drug-likeness (QED) is 0.883. The zero-order valence-electron chi connectivity index (χ0n) is 8.49. The van der Waals surface area contributed by atoms with E-state index in [-0.39, 0.29) is 0 Å². The molecule has 0 fully saturated rings. The Labute approximate surface area is 102 Å². The molecule has 0 spiro atoms. The molecule has 0 aliphatic heterocycles. The molecule has 1 heterocycles. The van der Waals surface area contributed by atoms with Gasteiger partial charge in [-0.3, -0.25) is 0 Å². The summed E-state index contributed by atoms with van der Waals surface area (Å²) in [7, 11) is 0. The topological polar surface area (TPSA) is 48.7 Å². The fourth-order valence-electron chi connectivity index (χ4n) is 1.22. The summed E-state index contributed by atoms with van der Waals surface area (Å²) < 4.78 is 0. The lowest BCUT2D eigenvalue weighted by Gasteiger charge is -2.03. The fourth-order valence-corrected chi connectivity index (χ4v) is 2.15. The van der Waals surface area contributed by atoms with E-state index < -0.39 is 0 Å². The first-order chi connectivity index (χ1) is 7.69. The van der Waals surface area contributed by atoms with Gasteiger partial charge in [0, 0.05) is 11.1 Å². The SMILES string of the molecule is Cc1csc(Nc2ccc(C#N)c(Cl)c2)n1. The van der Waals surface area contributed by atoms with E-state index in [0.29, 0.717) is 10.6 Å². The summed E-state index contributed by atoms with van der Waals surface area (Å²) in [4.78, 5) is 4.28.